The third-order valence-electron chi connectivity index (χ3n) is 5.30. The number of benzene rings is 1. The van der Waals surface area contributed by atoms with Gasteiger partial charge in [-0.2, -0.15) is 0 Å². The van der Waals surface area contributed by atoms with Crippen molar-refractivity contribution in [3.05, 3.63) is 35.4 Å². The monoisotopic (exact) mass is 546 g/mol. The van der Waals surface area contributed by atoms with Gasteiger partial charge in [-0.1, -0.05) is 24.3 Å². The van der Waals surface area contributed by atoms with Gasteiger partial charge in [0.15, 0.2) is 5.96 Å². The third-order valence-corrected chi connectivity index (χ3v) is 5.30. The van der Waals surface area contributed by atoms with Crippen molar-refractivity contribution in [3.8, 4) is 0 Å². The van der Waals surface area contributed by atoms with Gasteiger partial charge in [-0.05, 0) is 58.1 Å². The van der Waals surface area contributed by atoms with Crippen molar-refractivity contribution < 1.29 is 14.3 Å². The second kappa shape index (κ2) is 13.1. The smallest absolute Gasteiger partial charge is 0.407 e. The number of hydrogen-bond acceptors (Lipinski definition) is 4. The molecule has 0 atom stereocenters. The molecule has 1 aromatic rings. The van der Waals surface area contributed by atoms with Crippen molar-refractivity contribution in [3.63, 3.8) is 0 Å². The van der Waals surface area contributed by atoms with Crippen LogP contribution in [0.4, 0.5) is 4.79 Å². The van der Waals surface area contributed by atoms with Crippen molar-refractivity contribution >= 4 is 36.0 Å². The number of aryl methyl sites for hydroxylation is 1. The van der Waals surface area contributed by atoms with E-state index >= 15 is 0 Å². The second-order valence-electron chi connectivity index (χ2n) is 8.84. The average molecular weight is 546 g/mol. The van der Waals surface area contributed by atoms with Crippen LogP contribution in [0.5, 0.6) is 0 Å². The Kier molecular flexibility index (Phi) is 11.6. The molecule has 1 aliphatic rings. The zero-order valence-electron chi connectivity index (χ0n) is 19.5. The van der Waals surface area contributed by atoms with E-state index in [4.69, 9.17) is 9.47 Å². The Morgan fingerprint density at radius 3 is 2.39 bits per heavy atom. The van der Waals surface area contributed by atoms with Crippen molar-refractivity contribution in [2.45, 2.75) is 58.0 Å². The van der Waals surface area contributed by atoms with E-state index < -0.39 is 5.60 Å². The first-order chi connectivity index (χ1) is 14.3. The number of halogens is 1. The van der Waals surface area contributed by atoms with E-state index in [0.717, 1.165) is 45.0 Å². The average Bonchev–Trinajstić information content (AvgIpc) is 2.69. The summed E-state index contributed by atoms with van der Waals surface area (Å²) >= 11 is 0. The van der Waals surface area contributed by atoms with Crippen LogP contribution in [0.15, 0.2) is 29.3 Å². The summed E-state index contributed by atoms with van der Waals surface area (Å²) in [6.07, 6.45) is 2.37. The van der Waals surface area contributed by atoms with Crippen LogP contribution in [0.3, 0.4) is 0 Å². The highest BCUT2D eigenvalue weighted by atomic mass is 127. The Hall–Kier alpha value is -1.55. The summed E-state index contributed by atoms with van der Waals surface area (Å²) in [5.74, 6) is 0.770. The number of carbonyl (C=O) groups is 1. The molecule has 0 radical (unpaired) electrons. The number of hydrogen-bond donors (Lipinski definition) is 3. The number of carbonyl (C=O) groups excluding carboxylic acids is 1. The highest BCUT2D eigenvalue weighted by Crippen LogP contribution is 2.36. The Morgan fingerprint density at radius 1 is 1.13 bits per heavy atom. The number of nitrogens with one attached hydrogen (secondary N) is 3. The molecule has 31 heavy (non-hydrogen) atoms. The molecule has 1 heterocycles. The van der Waals surface area contributed by atoms with E-state index in [1.807, 2.05) is 20.8 Å². The molecule has 1 fully saturated rings. The fourth-order valence-corrected chi connectivity index (χ4v) is 3.74. The molecule has 2 rings (SSSR count). The molecular formula is C23H39IN4O3. The molecule has 176 valence electrons. The Morgan fingerprint density at radius 2 is 1.77 bits per heavy atom. The van der Waals surface area contributed by atoms with E-state index in [2.05, 4.69) is 52.1 Å². The first-order valence-electron chi connectivity index (χ1n) is 10.8. The highest BCUT2D eigenvalue weighted by Gasteiger charge is 2.35. The van der Waals surface area contributed by atoms with Gasteiger partial charge in [-0.3, -0.25) is 4.99 Å². The van der Waals surface area contributed by atoms with Crippen molar-refractivity contribution in [1.29, 1.82) is 0 Å². The standard InChI is InChI=1S/C23H38N4O3.HI/c1-18-9-6-7-10-19(18)23(11-15-29-16-12-23)17-27-20(24-5)25-13-8-14-26-21(28)30-22(2,3)4;/h6-7,9-10H,8,11-17H2,1-5H3,(H,26,28)(H2,24,25,27);1H. The van der Waals surface area contributed by atoms with Crippen molar-refractivity contribution in [2.24, 2.45) is 4.99 Å². The molecule has 0 bridgehead atoms. The van der Waals surface area contributed by atoms with Gasteiger partial charge in [0, 0.05) is 45.3 Å². The minimum absolute atomic E-state index is 0. The first-order valence-corrected chi connectivity index (χ1v) is 10.8. The van der Waals surface area contributed by atoms with Gasteiger partial charge in [-0.25, -0.2) is 4.79 Å². The van der Waals surface area contributed by atoms with Gasteiger partial charge in [-0.15, -0.1) is 24.0 Å². The Labute approximate surface area is 204 Å². The van der Waals surface area contributed by atoms with Crippen LogP contribution in [0.2, 0.25) is 0 Å². The molecular weight excluding hydrogens is 507 g/mol. The summed E-state index contributed by atoms with van der Waals surface area (Å²) in [6.45, 7) is 11.3. The Bertz CT molecular complexity index is 713. The summed E-state index contributed by atoms with van der Waals surface area (Å²) in [7, 11) is 1.78. The van der Waals surface area contributed by atoms with E-state index in [9.17, 15) is 4.79 Å². The number of guanidine groups is 1. The van der Waals surface area contributed by atoms with Crippen LogP contribution in [0.25, 0.3) is 0 Å². The SMILES string of the molecule is CN=C(NCCCNC(=O)OC(C)(C)C)NCC1(c2ccccc2C)CCOCC1.I. The molecule has 1 amide bonds. The predicted octanol–water partition coefficient (Wildman–Crippen LogP) is 3.74. The van der Waals surface area contributed by atoms with Crippen LogP contribution in [0.1, 0.15) is 51.2 Å². The molecule has 8 heteroatoms. The minimum Gasteiger partial charge on any atom is -0.444 e. The van der Waals surface area contributed by atoms with Gasteiger partial charge in [0.1, 0.15) is 5.60 Å². The van der Waals surface area contributed by atoms with Crippen LogP contribution in [0, 0.1) is 6.92 Å². The molecule has 1 aliphatic heterocycles. The first kappa shape index (κ1) is 27.5. The van der Waals surface area contributed by atoms with Crippen molar-refractivity contribution in [2.75, 3.05) is 39.9 Å². The van der Waals surface area contributed by atoms with Gasteiger partial charge in [0.25, 0.3) is 0 Å². The van der Waals surface area contributed by atoms with E-state index in [1.54, 1.807) is 7.05 Å². The molecule has 0 unspecified atom stereocenters. The number of alkyl carbamates (subject to hydrolysis) is 1. The number of rotatable bonds is 7. The molecule has 1 aromatic carbocycles. The largest absolute Gasteiger partial charge is 0.444 e. The Balaban J connectivity index is 0.00000480. The lowest BCUT2D eigenvalue weighted by atomic mass is 9.72. The molecule has 0 aromatic heterocycles. The topological polar surface area (TPSA) is 84.0 Å². The third kappa shape index (κ3) is 9.22. The summed E-state index contributed by atoms with van der Waals surface area (Å²) < 4.78 is 10.9. The zero-order valence-corrected chi connectivity index (χ0v) is 21.9. The minimum atomic E-state index is -0.481. The maximum atomic E-state index is 11.7. The maximum Gasteiger partial charge on any atom is 0.407 e. The lowest BCUT2D eigenvalue weighted by molar-refractivity contribution is 0.0510. The predicted molar refractivity (Wildman–Crippen MR) is 137 cm³/mol. The molecule has 0 saturated carbocycles. The zero-order chi connectivity index (χ0) is 22.0. The number of nitrogens with zero attached hydrogens (tertiary/aromatic N) is 1. The fourth-order valence-electron chi connectivity index (χ4n) is 3.74. The summed E-state index contributed by atoms with van der Waals surface area (Å²) in [6, 6.07) is 8.62. The molecule has 1 saturated heterocycles. The van der Waals surface area contributed by atoms with E-state index in [-0.39, 0.29) is 35.5 Å². The van der Waals surface area contributed by atoms with Crippen LogP contribution < -0.4 is 16.0 Å². The number of amides is 1. The summed E-state index contributed by atoms with van der Waals surface area (Å²) in [4.78, 5) is 16.0. The van der Waals surface area contributed by atoms with Crippen LogP contribution in [-0.2, 0) is 14.9 Å². The van der Waals surface area contributed by atoms with E-state index in [1.165, 1.54) is 11.1 Å². The molecule has 7 nitrogen and oxygen atoms in total. The quantitative estimate of drug-likeness (QED) is 0.210. The van der Waals surface area contributed by atoms with Gasteiger partial charge >= 0.3 is 6.09 Å². The van der Waals surface area contributed by atoms with Gasteiger partial charge in [0.2, 0.25) is 0 Å². The van der Waals surface area contributed by atoms with Crippen LogP contribution >= 0.6 is 24.0 Å². The summed E-state index contributed by atoms with van der Waals surface area (Å²) in [5, 5.41) is 9.61. The number of aliphatic imine (C=N–C) groups is 1. The van der Waals surface area contributed by atoms with E-state index in [0.29, 0.717) is 13.1 Å². The second-order valence-corrected chi connectivity index (χ2v) is 8.84. The molecule has 0 spiro atoms. The number of ether oxygens (including phenoxy) is 2. The molecule has 3 N–H and O–H groups in total. The lowest BCUT2D eigenvalue weighted by Crippen LogP contribution is -2.48. The van der Waals surface area contributed by atoms with Crippen LogP contribution in [-0.4, -0.2) is 57.5 Å². The molecule has 0 aliphatic carbocycles. The normalized spacial score (nSPS) is 16.1. The summed E-state index contributed by atoms with van der Waals surface area (Å²) in [5.41, 5.74) is 2.26. The highest BCUT2D eigenvalue weighted by molar-refractivity contribution is 14.0. The van der Waals surface area contributed by atoms with Crippen molar-refractivity contribution in [1.82, 2.24) is 16.0 Å². The van der Waals surface area contributed by atoms with Gasteiger partial charge < -0.3 is 25.4 Å². The lowest BCUT2D eigenvalue weighted by Gasteiger charge is -2.39. The van der Waals surface area contributed by atoms with Gasteiger partial charge in [0.05, 0.1) is 0 Å². The maximum absolute atomic E-state index is 11.7. The fraction of sp³-hybridized carbons (Fsp3) is 0.652.